The van der Waals surface area contributed by atoms with Gasteiger partial charge >= 0.3 is 12.3 Å². The number of ketones is 1. The van der Waals surface area contributed by atoms with Crippen LogP contribution >= 0.6 is 11.6 Å². The topological polar surface area (TPSA) is 46.2 Å². The van der Waals surface area contributed by atoms with Gasteiger partial charge in [0.2, 0.25) is 0 Å². The minimum Gasteiger partial charge on any atom is -0.341 e. The summed E-state index contributed by atoms with van der Waals surface area (Å²) in [5, 5.41) is 1.59. The average Bonchev–Trinajstić information content (AvgIpc) is 2.23. The highest BCUT2D eigenvalue weighted by atomic mass is 35.5. The summed E-state index contributed by atoms with van der Waals surface area (Å²) in [5.41, 5.74) is 0. The van der Waals surface area contributed by atoms with E-state index in [4.69, 9.17) is 11.6 Å². The highest BCUT2D eigenvalue weighted by molar-refractivity contribution is 6.28. The van der Waals surface area contributed by atoms with Crippen LogP contribution in [0.4, 0.5) is 17.6 Å². The standard InChI is InChI=1S/C9H12ClF4NO2/c1-4(2)6(5(16)3-10)15-8(17)9(13,14)7(11)12/h4,6-7H,3H2,1-2H3,(H,15,17). The first-order valence-corrected chi connectivity index (χ1v) is 5.23. The summed E-state index contributed by atoms with van der Waals surface area (Å²) in [6.07, 6.45) is -4.12. The molecule has 3 nitrogen and oxygen atoms in total. The van der Waals surface area contributed by atoms with E-state index in [-0.39, 0.29) is 0 Å². The molecular formula is C9H12ClF4NO2. The predicted molar refractivity (Wildman–Crippen MR) is 53.4 cm³/mol. The van der Waals surface area contributed by atoms with Crippen LogP contribution in [-0.2, 0) is 9.59 Å². The fourth-order valence-electron chi connectivity index (χ4n) is 1.04. The maximum atomic E-state index is 12.6. The lowest BCUT2D eigenvalue weighted by molar-refractivity contribution is -0.170. The van der Waals surface area contributed by atoms with Gasteiger partial charge in [-0.25, -0.2) is 8.78 Å². The summed E-state index contributed by atoms with van der Waals surface area (Å²) in [6, 6.07) is -1.30. The number of hydrogen-bond donors (Lipinski definition) is 1. The number of Topliss-reactive ketones (excluding diaryl/α,β-unsaturated/α-hetero) is 1. The molecule has 100 valence electrons. The molecule has 0 fully saturated rings. The van der Waals surface area contributed by atoms with Crippen molar-refractivity contribution in [2.75, 3.05) is 5.88 Å². The third-order valence-corrected chi connectivity index (χ3v) is 2.27. The second-order valence-corrected chi connectivity index (χ2v) is 3.99. The first-order chi connectivity index (χ1) is 7.64. The lowest BCUT2D eigenvalue weighted by Gasteiger charge is -2.23. The summed E-state index contributed by atoms with van der Waals surface area (Å²) < 4.78 is 49.0. The number of rotatable bonds is 6. The van der Waals surface area contributed by atoms with Gasteiger partial charge in [-0.15, -0.1) is 11.6 Å². The minimum atomic E-state index is -4.82. The van der Waals surface area contributed by atoms with Crippen molar-refractivity contribution < 1.29 is 27.2 Å². The van der Waals surface area contributed by atoms with Crippen molar-refractivity contribution in [3.63, 3.8) is 0 Å². The maximum absolute atomic E-state index is 12.6. The molecule has 0 bridgehead atoms. The molecule has 17 heavy (non-hydrogen) atoms. The molecule has 0 aromatic rings. The Bertz CT molecular complexity index is 297. The summed E-state index contributed by atoms with van der Waals surface area (Å²) in [5.74, 6) is -8.73. The summed E-state index contributed by atoms with van der Waals surface area (Å²) >= 11 is 5.21. The molecule has 0 radical (unpaired) electrons. The molecule has 0 saturated carbocycles. The third kappa shape index (κ3) is 4.14. The van der Waals surface area contributed by atoms with Gasteiger partial charge in [0.25, 0.3) is 5.91 Å². The van der Waals surface area contributed by atoms with Gasteiger partial charge in [0, 0.05) is 0 Å². The van der Waals surface area contributed by atoms with Gasteiger partial charge in [-0.3, -0.25) is 9.59 Å². The Balaban J connectivity index is 4.79. The van der Waals surface area contributed by atoms with Crippen molar-refractivity contribution >= 4 is 23.3 Å². The van der Waals surface area contributed by atoms with E-state index in [0.29, 0.717) is 0 Å². The van der Waals surface area contributed by atoms with E-state index in [1.165, 1.54) is 13.8 Å². The Hall–Kier alpha value is -0.850. The second kappa shape index (κ2) is 6.18. The van der Waals surface area contributed by atoms with Crippen LogP contribution in [0.15, 0.2) is 0 Å². The smallest absolute Gasteiger partial charge is 0.341 e. The fourth-order valence-corrected chi connectivity index (χ4v) is 1.20. The van der Waals surface area contributed by atoms with Crippen molar-refractivity contribution in [3.05, 3.63) is 0 Å². The molecule has 0 aliphatic heterocycles. The zero-order valence-corrected chi connectivity index (χ0v) is 9.90. The molecule has 0 aromatic carbocycles. The molecule has 0 heterocycles. The number of halogens is 5. The third-order valence-electron chi connectivity index (χ3n) is 2.01. The normalized spacial score (nSPS) is 13.9. The van der Waals surface area contributed by atoms with Crippen LogP contribution in [0.1, 0.15) is 13.8 Å². The number of amides is 1. The van der Waals surface area contributed by atoms with Gasteiger partial charge in [0.1, 0.15) is 0 Å². The molecule has 0 aromatic heterocycles. The largest absolute Gasteiger partial charge is 0.383 e. The Morgan fingerprint density at radius 1 is 1.29 bits per heavy atom. The molecular weight excluding hydrogens is 266 g/mol. The van der Waals surface area contributed by atoms with Crippen LogP contribution in [-0.4, -0.2) is 36.0 Å². The van der Waals surface area contributed by atoms with E-state index in [1.807, 2.05) is 0 Å². The maximum Gasteiger partial charge on any atom is 0.383 e. The van der Waals surface area contributed by atoms with E-state index in [9.17, 15) is 27.2 Å². The van der Waals surface area contributed by atoms with E-state index < -0.39 is 41.9 Å². The minimum absolute atomic E-state index is 0.497. The Morgan fingerprint density at radius 2 is 1.76 bits per heavy atom. The monoisotopic (exact) mass is 277 g/mol. The van der Waals surface area contributed by atoms with Crippen molar-refractivity contribution in [2.24, 2.45) is 5.92 Å². The first-order valence-electron chi connectivity index (χ1n) is 4.70. The van der Waals surface area contributed by atoms with Crippen LogP contribution in [0.5, 0.6) is 0 Å². The zero-order chi connectivity index (χ0) is 13.8. The van der Waals surface area contributed by atoms with Gasteiger partial charge in [0.15, 0.2) is 5.78 Å². The molecule has 0 rings (SSSR count). The predicted octanol–water partition coefficient (Wildman–Crippen LogP) is 1.84. The zero-order valence-electron chi connectivity index (χ0n) is 9.15. The van der Waals surface area contributed by atoms with Gasteiger partial charge in [0.05, 0.1) is 11.9 Å². The van der Waals surface area contributed by atoms with Gasteiger partial charge < -0.3 is 5.32 Å². The Morgan fingerprint density at radius 3 is 2.06 bits per heavy atom. The van der Waals surface area contributed by atoms with Crippen LogP contribution in [0.25, 0.3) is 0 Å². The van der Waals surface area contributed by atoms with Gasteiger partial charge in [-0.2, -0.15) is 8.78 Å². The Kier molecular flexibility index (Phi) is 5.87. The number of carbonyl (C=O) groups is 2. The molecule has 0 spiro atoms. The van der Waals surface area contributed by atoms with E-state index in [0.717, 1.165) is 0 Å². The average molecular weight is 278 g/mol. The van der Waals surface area contributed by atoms with Crippen LogP contribution in [0.2, 0.25) is 0 Å². The van der Waals surface area contributed by atoms with E-state index >= 15 is 0 Å². The fraction of sp³-hybridized carbons (Fsp3) is 0.778. The summed E-state index contributed by atoms with van der Waals surface area (Å²) in [7, 11) is 0. The number of nitrogens with one attached hydrogen (secondary N) is 1. The van der Waals surface area contributed by atoms with Gasteiger partial charge in [-0.1, -0.05) is 13.8 Å². The quantitative estimate of drug-likeness (QED) is 0.595. The molecule has 0 aliphatic rings. The molecule has 1 unspecified atom stereocenters. The Labute approximate surface area is 100 Å². The van der Waals surface area contributed by atoms with Crippen LogP contribution in [0.3, 0.4) is 0 Å². The molecule has 1 N–H and O–H groups in total. The van der Waals surface area contributed by atoms with E-state index in [2.05, 4.69) is 0 Å². The number of carbonyl (C=O) groups excluding carboxylic acids is 2. The highest BCUT2D eigenvalue weighted by Gasteiger charge is 2.49. The summed E-state index contributed by atoms with van der Waals surface area (Å²) in [4.78, 5) is 22.1. The molecule has 1 amide bonds. The number of hydrogen-bond acceptors (Lipinski definition) is 2. The van der Waals surface area contributed by atoms with Crippen molar-refractivity contribution in [1.29, 1.82) is 0 Å². The van der Waals surface area contributed by atoms with Crippen molar-refractivity contribution in [1.82, 2.24) is 5.32 Å². The lowest BCUT2D eigenvalue weighted by atomic mass is 10.0. The highest BCUT2D eigenvalue weighted by Crippen LogP contribution is 2.23. The molecule has 8 heteroatoms. The molecule has 0 aliphatic carbocycles. The number of alkyl halides is 5. The van der Waals surface area contributed by atoms with Crippen molar-refractivity contribution in [2.45, 2.75) is 32.2 Å². The second-order valence-electron chi connectivity index (χ2n) is 3.72. The first kappa shape index (κ1) is 16.1. The van der Waals surface area contributed by atoms with Crippen molar-refractivity contribution in [3.8, 4) is 0 Å². The lowest BCUT2D eigenvalue weighted by Crippen LogP contribution is -2.53. The van der Waals surface area contributed by atoms with Gasteiger partial charge in [-0.05, 0) is 5.92 Å². The molecule has 1 atom stereocenters. The SMILES string of the molecule is CC(C)C(NC(=O)C(F)(F)C(F)F)C(=O)CCl. The van der Waals surface area contributed by atoms with E-state index in [1.54, 1.807) is 5.32 Å². The summed E-state index contributed by atoms with van der Waals surface area (Å²) in [6.45, 7) is 2.94. The van der Waals surface area contributed by atoms with Crippen LogP contribution in [0, 0.1) is 5.92 Å². The van der Waals surface area contributed by atoms with Crippen LogP contribution < -0.4 is 5.32 Å². The molecule has 0 saturated heterocycles.